The van der Waals surface area contributed by atoms with Crippen LogP contribution in [-0.4, -0.2) is 18.3 Å². The zero-order chi connectivity index (χ0) is 21.0. The number of hydrogen-bond acceptors (Lipinski definition) is 3. The predicted molar refractivity (Wildman–Crippen MR) is 94.9 cm³/mol. The fourth-order valence-corrected chi connectivity index (χ4v) is 3.72. The van der Waals surface area contributed by atoms with Crippen molar-refractivity contribution < 1.29 is 35.3 Å². The van der Waals surface area contributed by atoms with Gasteiger partial charge in [-0.3, -0.25) is 0 Å². The summed E-state index contributed by atoms with van der Waals surface area (Å²) >= 11 is 0.512. The Bertz CT molecular complexity index is 604. The van der Waals surface area contributed by atoms with Crippen molar-refractivity contribution in [2.75, 3.05) is 6.61 Å². The SMILES string of the molecule is CC(C)(CCOSc1cc(C(F)(F)F)cc(C(F)(F)F)c1)OC1CCCCC1. The molecule has 0 atom stereocenters. The third-order valence-corrected chi connectivity index (χ3v) is 5.25. The van der Waals surface area contributed by atoms with Gasteiger partial charge in [0.05, 0.1) is 29.4 Å². The summed E-state index contributed by atoms with van der Waals surface area (Å²) in [4.78, 5) is -0.242. The molecule has 0 amide bonds. The highest BCUT2D eigenvalue weighted by molar-refractivity contribution is 7.94. The van der Waals surface area contributed by atoms with Crippen LogP contribution in [0.5, 0.6) is 0 Å². The maximum Gasteiger partial charge on any atom is 0.416 e. The van der Waals surface area contributed by atoms with Gasteiger partial charge in [0.1, 0.15) is 0 Å². The summed E-state index contributed by atoms with van der Waals surface area (Å²) in [6, 6.07) is 1.42. The van der Waals surface area contributed by atoms with Gasteiger partial charge in [0.2, 0.25) is 0 Å². The van der Waals surface area contributed by atoms with Gasteiger partial charge in [-0.1, -0.05) is 19.3 Å². The fraction of sp³-hybridized carbons (Fsp3) is 0.684. The first-order valence-corrected chi connectivity index (χ1v) is 9.88. The van der Waals surface area contributed by atoms with Crippen LogP contribution in [0.15, 0.2) is 23.1 Å². The van der Waals surface area contributed by atoms with E-state index in [1.807, 2.05) is 13.8 Å². The lowest BCUT2D eigenvalue weighted by molar-refractivity contribution is -0.143. The minimum absolute atomic E-state index is 0.102. The van der Waals surface area contributed by atoms with E-state index in [4.69, 9.17) is 8.92 Å². The van der Waals surface area contributed by atoms with Crippen LogP contribution in [0.3, 0.4) is 0 Å². The molecular weight excluding hydrogens is 406 g/mol. The van der Waals surface area contributed by atoms with Crippen molar-refractivity contribution in [2.24, 2.45) is 0 Å². The van der Waals surface area contributed by atoms with Crippen LogP contribution in [0.25, 0.3) is 0 Å². The van der Waals surface area contributed by atoms with Crippen LogP contribution < -0.4 is 0 Å². The third kappa shape index (κ3) is 7.48. The highest BCUT2D eigenvalue weighted by Gasteiger charge is 2.37. The van der Waals surface area contributed by atoms with Crippen LogP contribution in [0.4, 0.5) is 26.3 Å². The van der Waals surface area contributed by atoms with Crippen LogP contribution in [-0.2, 0) is 21.3 Å². The Morgan fingerprint density at radius 3 is 1.93 bits per heavy atom. The van der Waals surface area contributed by atoms with Crippen molar-refractivity contribution in [1.82, 2.24) is 0 Å². The number of alkyl halides is 6. The second-order valence-electron chi connectivity index (χ2n) is 7.53. The smallest absolute Gasteiger partial charge is 0.372 e. The van der Waals surface area contributed by atoms with Gasteiger partial charge in [0, 0.05) is 23.4 Å². The van der Waals surface area contributed by atoms with Crippen LogP contribution >= 0.6 is 12.0 Å². The maximum atomic E-state index is 12.9. The van der Waals surface area contributed by atoms with Gasteiger partial charge >= 0.3 is 12.4 Å². The third-order valence-electron chi connectivity index (χ3n) is 4.54. The average Bonchev–Trinajstić information content (AvgIpc) is 2.57. The molecule has 0 unspecified atom stereocenters. The molecule has 0 saturated heterocycles. The van der Waals surface area contributed by atoms with E-state index in [-0.39, 0.29) is 23.7 Å². The Kier molecular flexibility index (Phi) is 7.72. The highest BCUT2D eigenvalue weighted by Crippen LogP contribution is 2.38. The van der Waals surface area contributed by atoms with Gasteiger partial charge in [0.25, 0.3) is 0 Å². The maximum absolute atomic E-state index is 12.9. The molecule has 2 rings (SSSR count). The van der Waals surface area contributed by atoms with Crippen molar-refractivity contribution in [3.63, 3.8) is 0 Å². The van der Waals surface area contributed by atoms with Gasteiger partial charge in [-0.05, 0) is 44.9 Å². The van der Waals surface area contributed by atoms with E-state index < -0.39 is 29.1 Å². The lowest BCUT2D eigenvalue weighted by atomic mass is 9.96. The number of ether oxygens (including phenoxy) is 1. The van der Waals surface area contributed by atoms with E-state index in [1.54, 1.807) is 0 Å². The summed E-state index contributed by atoms with van der Waals surface area (Å²) in [6.07, 6.45) is -3.60. The molecule has 1 aliphatic rings. The summed E-state index contributed by atoms with van der Waals surface area (Å²) in [7, 11) is 0. The summed E-state index contributed by atoms with van der Waals surface area (Å²) in [5, 5.41) is 0. The van der Waals surface area contributed by atoms with Crippen molar-refractivity contribution in [1.29, 1.82) is 0 Å². The topological polar surface area (TPSA) is 18.5 Å². The van der Waals surface area contributed by atoms with E-state index in [9.17, 15) is 26.3 Å². The molecule has 0 heterocycles. The monoisotopic (exact) mass is 430 g/mol. The number of rotatable bonds is 7. The largest absolute Gasteiger partial charge is 0.416 e. The fourth-order valence-electron chi connectivity index (χ4n) is 3.06. The van der Waals surface area contributed by atoms with Gasteiger partial charge in [-0.15, -0.1) is 0 Å². The molecule has 28 heavy (non-hydrogen) atoms. The number of benzene rings is 1. The van der Waals surface area contributed by atoms with E-state index in [0.29, 0.717) is 30.6 Å². The standard InChI is InChI=1S/C19H24F6O2S/c1-17(2,27-15-6-4-3-5-7-15)8-9-26-28-16-11-13(18(20,21)22)10-14(12-16)19(23,24)25/h10-12,15H,3-9H2,1-2H3. The molecule has 0 radical (unpaired) electrons. The number of hydrogen-bond donors (Lipinski definition) is 0. The molecule has 1 saturated carbocycles. The summed E-state index contributed by atoms with van der Waals surface area (Å²) in [5.74, 6) is 0. The zero-order valence-electron chi connectivity index (χ0n) is 15.8. The molecule has 1 aromatic rings. The highest BCUT2D eigenvalue weighted by atomic mass is 32.2. The molecule has 0 bridgehead atoms. The first-order valence-electron chi connectivity index (χ1n) is 9.14. The molecule has 0 N–H and O–H groups in total. The Labute approximate surface area is 165 Å². The van der Waals surface area contributed by atoms with Gasteiger partial charge in [-0.2, -0.15) is 26.3 Å². The van der Waals surface area contributed by atoms with E-state index >= 15 is 0 Å². The Balaban J connectivity index is 1.92. The molecule has 1 fully saturated rings. The van der Waals surface area contributed by atoms with Crippen LogP contribution in [0.1, 0.15) is 63.5 Å². The molecule has 0 spiro atoms. The molecule has 0 aromatic heterocycles. The van der Waals surface area contributed by atoms with Crippen LogP contribution in [0, 0.1) is 0 Å². The normalized spacial score (nSPS) is 17.1. The van der Waals surface area contributed by atoms with E-state index in [1.165, 1.54) is 6.42 Å². The minimum atomic E-state index is -4.87. The van der Waals surface area contributed by atoms with E-state index in [2.05, 4.69) is 0 Å². The second kappa shape index (κ2) is 9.26. The van der Waals surface area contributed by atoms with Gasteiger partial charge in [0.15, 0.2) is 0 Å². The quantitative estimate of drug-likeness (QED) is 0.258. The Morgan fingerprint density at radius 2 is 1.43 bits per heavy atom. The first-order chi connectivity index (χ1) is 12.9. The first kappa shape index (κ1) is 23.3. The van der Waals surface area contributed by atoms with Crippen molar-refractivity contribution >= 4 is 12.0 Å². The molecule has 1 aliphatic carbocycles. The van der Waals surface area contributed by atoms with E-state index in [0.717, 1.165) is 25.7 Å². The average molecular weight is 430 g/mol. The summed E-state index contributed by atoms with van der Waals surface area (Å²) in [5.41, 5.74) is -3.18. The molecular formula is C19H24F6O2S. The molecule has 1 aromatic carbocycles. The zero-order valence-corrected chi connectivity index (χ0v) is 16.6. The molecule has 2 nitrogen and oxygen atoms in total. The molecule has 9 heteroatoms. The van der Waals surface area contributed by atoms with Crippen molar-refractivity contribution in [3.8, 4) is 0 Å². The van der Waals surface area contributed by atoms with Crippen molar-refractivity contribution in [3.05, 3.63) is 29.3 Å². The van der Waals surface area contributed by atoms with Gasteiger partial charge < -0.3 is 8.92 Å². The lowest BCUT2D eigenvalue weighted by Crippen LogP contribution is -2.32. The lowest BCUT2D eigenvalue weighted by Gasteiger charge is -2.32. The predicted octanol–water partition coefficient (Wildman–Crippen LogP) is 7.27. The Morgan fingerprint density at radius 1 is 0.893 bits per heavy atom. The Hall–Kier alpha value is -0.930. The van der Waals surface area contributed by atoms with Crippen molar-refractivity contribution in [2.45, 2.75) is 81.3 Å². The van der Waals surface area contributed by atoms with Crippen LogP contribution in [0.2, 0.25) is 0 Å². The second-order valence-corrected chi connectivity index (χ2v) is 8.41. The summed E-state index contributed by atoms with van der Waals surface area (Å²) < 4.78 is 88.6. The summed E-state index contributed by atoms with van der Waals surface area (Å²) in [6.45, 7) is 3.95. The molecule has 160 valence electrons. The minimum Gasteiger partial charge on any atom is -0.372 e. The number of halogens is 6. The molecule has 0 aliphatic heterocycles. The van der Waals surface area contributed by atoms with Gasteiger partial charge in [-0.25, -0.2) is 0 Å².